The Morgan fingerprint density at radius 2 is 2.12 bits per heavy atom. The maximum atomic E-state index is 13.2. The van der Waals surface area contributed by atoms with Crippen molar-refractivity contribution in [2.45, 2.75) is 19.0 Å². The lowest BCUT2D eigenvalue weighted by molar-refractivity contribution is 0.169. The molecule has 0 saturated carbocycles. The van der Waals surface area contributed by atoms with Gasteiger partial charge in [0.25, 0.3) is 5.56 Å². The summed E-state index contributed by atoms with van der Waals surface area (Å²) in [4.78, 5) is 17.5. The number of anilines is 2. The molecule has 4 N–H and O–H groups in total. The molecule has 0 bridgehead atoms. The van der Waals surface area contributed by atoms with Crippen LogP contribution in [-0.2, 0) is 11.3 Å². The minimum absolute atomic E-state index is 0.0721. The number of benzene rings is 1. The number of aliphatic hydroxyl groups excluding tert-OH is 1. The molecule has 0 spiro atoms. The van der Waals surface area contributed by atoms with Crippen LogP contribution in [0.25, 0.3) is 5.69 Å². The number of rotatable bonds is 9. The quantitative estimate of drug-likeness (QED) is 0.330. The Labute approximate surface area is 207 Å². The van der Waals surface area contributed by atoms with Crippen molar-refractivity contribution in [2.24, 2.45) is 5.92 Å². The lowest BCUT2D eigenvalue weighted by atomic mass is 10.00. The van der Waals surface area contributed by atoms with E-state index in [2.05, 4.69) is 15.6 Å². The largest absolute Gasteiger partial charge is 0.394 e. The maximum Gasteiger partial charge on any atom is 0.266 e. The van der Waals surface area contributed by atoms with Gasteiger partial charge in [-0.3, -0.25) is 9.36 Å². The Balaban J connectivity index is 1.61. The molecule has 1 aliphatic heterocycles. The highest BCUT2D eigenvalue weighted by atomic mass is 35.5. The van der Waals surface area contributed by atoms with E-state index in [0.717, 1.165) is 18.2 Å². The van der Waals surface area contributed by atoms with Crippen molar-refractivity contribution in [3.05, 3.63) is 80.3 Å². The molecule has 1 fully saturated rings. The molecule has 2 unspecified atom stereocenters. The molecule has 1 aliphatic rings. The molecule has 2 atom stereocenters. The molecule has 0 radical (unpaired) electrons. The molecule has 1 aromatic carbocycles. The Morgan fingerprint density at radius 1 is 1.29 bits per heavy atom. The third-order valence-electron chi connectivity index (χ3n) is 5.86. The van der Waals surface area contributed by atoms with Gasteiger partial charge in [-0.1, -0.05) is 41.4 Å². The molecule has 2 aromatic heterocycles. The first-order valence-corrected chi connectivity index (χ1v) is 11.6. The summed E-state index contributed by atoms with van der Waals surface area (Å²) >= 11 is 12.6. The van der Waals surface area contributed by atoms with Crippen LogP contribution in [0, 0.1) is 11.3 Å². The fourth-order valence-electron chi connectivity index (χ4n) is 3.93. The zero-order valence-corrected chi connectivity index (χ0v) is 19.8. The van der Waals surface area contributed by atoms with Crippen molar-refractivity contribution in [3.8, 4) is 5.69 Å². The molecule has 8 nitrogen and oxygen atoms in total. The average molecular weight is 502 g/mol. The Hall–Kier alpha value is -2.91. The summed E-state index contributed by atoms with van der Waals surface area (Å²) in [6.45, 7) is 1.57. The molecule has 34 heavy (non-hydrogen) atoms. The van der Waals surface area contributed by atoms with Gasteiger partial charge in [-0.15, -0.1) is 0 Å². The minimum Gasteiger partial charge on any atom is -0.394 e. The summed E-state index contributed by atoms with van der Waals surface area (Å²) in [6.07, 6.45) is 4.93. The van der Waals surface area contributed by atoms with Crippen LogP contribution < -0.4 is 16.2 Å². The predicted molar refractivity (Wildman–Crippen MR) is 135 cm³/mol. The van der Waals surface area contributed by atoms with Gasteiger partial charge in [0.15, 0.2) is 0 Å². The summed E-state index contributed by atoms with van der Waals surface area (Å²) in [5.74, 6) is 0.649. The highest BCUT2D eigenvalue weighted by Gasteiger charge is 2.25. The number of nitrogens with one attached hydrogen (secondary N) is 3. The van der Waals surface area contributed by atoms with Crippen LogP contribution in [0.1, 0.15) is 17.5 Å². The van der Waals surface area contributed by atoms with Crippen LogP contribution in [0.5, 0.6) is 0 Å². The van der Waals surface area contributed by atoms with Gasteiger partial charge in [-0.25, -0.2) is 4.98 Å². The molecule has 10 heteroatoms. The number of aromatic nitrogens is 2. The molecule has 4 rings (SSSR count). The van der Waals surface area contributed by atoms with E-state index in [1.807, 2.05) is 18.2 Å². The van der Waals surface area contributed by atoms with Crippen LogP contribution in [0.3, 0.4) is 0 Å². The van der Waals surface area contributed by atoms with Crippen LogP contribution in [-0.4, -0.2) is 46.7 Å². The van der Waals surface area contributed by atoms with Crippen molar-refractivity contribution in [1.29, 1.82) is 5.41 Å². The molecule has 1 saturated heterocycles. The van der Waals surface area contributed by atoms with E-state index in [1.165, 1.54) is 10.8 Å². The van der Waals surface area contributed by atoms with E-state index < -0.39 is 5.56 Å². The molecule has 0 amide bonds. The summed E-state index contributed by atoms with van der Waals surface area (Å²) in [6, 6.07) is 10.6. The van der Waals surface area contributed by atoms with E-state index in [0.29, 0.717) is 42.0 Å². The number of hydrogen-bond donors (Lipinski definition) is 4. The zero-order chi connectivity index (χ0) is 24.1. The first kappa shape index (κ1) is 24.2. The fraction of sp³-hybridized carbons (Fsp3) is 0.292. The van der Waals surface area contributed by atoms with Crippen molar-refractivity contribution in [2.75, 3.05) is 30.5 Å². The minimum atomic E-state index is -0.402. The van der Waals surface area contributed by atoms with E-state index in [1.54, 1.807) is 24.4 Å². The standard InChI is InChI=1S/C24H25Cl2N5O3/c25-18-4-2-1-3-15(18)11-28-20-5-7-31(24(33)17(20)10-27)22-9-23(29-12-19(22)26)30-21(13-32)16-6-8-34-14-16/h1-5,7,9-10,12,16,21,27-28,32H,6,8,11,13-14H2,(H,29,30). The van der Waals surface area contributed by atoms with Crippen molar-refractivity contribution in [1.82, 2.24) is 9.55 Å². The summed E-state index contributed by atoms with van der Waals surface area (Å²) in [7, 11) is 0. The van der Waals surface area contributed by atoms with Crippen LogP contribution in [0.15, 0.2) is 53.6 Å². The second-order valence-corrected chi connectivity index (χ2v) is 8.80. The van der Waals surface area contributed by atoms with E-state index in [9.17, 15) is 9.90 Å². The Morgan fingerprint density at radius 3 is 2.82 bits per heavy atom. The molecule has 178 valence electrons. The number of pyridine rings is 2. The third kappa shape index (κ3) is 5.26. The topological polar surface area (TPSA) is 112 Å². The Bertz CT molecular complexity index is 1230. The van der Waals surface area contributed by atoms with Gasteiger partial charge >= 0.3 is 0 Å². The molecule has 3 aromatic rings. The summed E-state index contributed by atoms with van der Waals surface area (Å²) in [5.41, 5.74) is 1.60. The van der Waals surface area contributed by atoms with Gasteiger partial charge in [0, 0.05) is 42.6 Å². The first-order chi connectivity index (χ1) is 16.5. The second-order valence-electron chi connectivity index (χ2n) is 7.99. The van der Waals surface area contributed by atoms with Crippen molar-refractivity contribution < 1.29 is 9.84 Å². The number of aliphatic hydroxyl groups is 1. The fourth-order valence-corrected chi connectivity index (χ4v) is 4.33. The normalized spacial score (nSPS) is 16.3. The summed E-state index contributed by atoms with van der Waals surface area (Å²) < 4.78 is 6.80. The maximum absolute atomic E-state index is 13.2. The second kappa shape index (κ2) is 11.0. The SMILES string of the molecule is N=Cc1c(NCc2ccccc2Cl)ccn(-c2cc(NC(CO)C3CCOC3)ncc2Cl)c1=O. The molecule has 0 aliphatic carbocycles. The molecular formula is C24H25Cl2N5O3. The average Bonchev–Trinajstić information content (AvgIpc) is 3.38. The zero-order valence-electron chi connectivity index (χ0n) is 18.3. The van der Waals surface area contributed by atoms with Gasteiger partial charge in [0.1, 0.15) is 5.82 Å². The molecule has 3 heterocycles. The molecular weight excluding hydrogens is 477 g/mol. The first-order valence-electron chi connectivity index (χ1n) is 10.9. The lowest BCUT2D eigenvalue weighted by Gasteiger charge is -2.22. The van der Waals surface area contributed by atoms with Gasteiger partial charge in [0.05, 0.1) is 47.4 Å². The van der Waals surface area contributed by atoms with Gasteiger partial charge < -0.3 is 25.9 Å². The van der Waals surface area contributed by atoms with Crippen LogP contribution >= 0.6 is 23.2 Å². The third-order valence-corrected chi connectivity index (χ3v) is 6.52. The number of nitrogens with zero attached hydrogens (tertiary/aromatic N) is 2. The monoisotopic (exact) mass is 501 g/mol. The Kier molecular flexibility index (Phi) is 7.84. The van der Waals surface area contributed by atoms with Crippen LogP contribution in [0.4, 0.5) is 11.5 Å². The van der Waals surface area contributed by atoms with E-state index in [4.69, 9.17) is 33.3 Å². The lowest BCUT2D eigenvalue weighted by Crippen LogP contribution is -2.33. The van der Waals surface area contributed by atoms with Crippen molar-refractivity contribution in [3.63, 3.8) is 0 Å². The highest BCUT2D eigenvalue weighted by Crippen LogP contribution is 2.25. The van der Waals surface area contributed by atoms with Gasteiger partial charge in [-0.2, -0.15) is 0 Å². The van der Waals surface area contributed by atoms with E-state index >= 15 is 0 Å². The van der Waals surface area contributed by atoms with Gasteiger partial charge in [0.2, 0.25) is 0 Å². The van der Waals surface area contributed by atoms with E-state index in [-0.39, 0.29) is 29.2 Å². The highest BCUT2D eigenvalue weighted by molar-refractivity contribution is 6.32. The van der Waals surface area contributed by atoms with Crippen LogP contribution in [0.2, 0.25) is 10.0 Å². The number of halogens is 2. The smallest absolute Gasteiger partial charge is 0.266 e. The van der Waals surface area contributed by atoms with Gasteiger partial charge in [-0.05, 0) is 24.1 Å². The number of hydrogen-bond acceptors (Lipinski definition) is 7. The van der Waals surface area contributed by atoms with Crippen molar-refractivity contribution >= 4 is 40.9 Å². The number of ether oxygens (including phenoxy) is 1. The summed E-state index contributed by atoms with van der Waals surface area (Å²) in [5, 5.41) is 24.9. The predicted octanol–water partition coefficient (Wildman–Crippen LogP) is 3.96.